The number of aromatic nitrogens is 4. The SMILES string of the molecule is OC[C@H](NCC1(O)CCN(CCCc2c[nH]c3ccc(-n4cnnc4)cc23)CC1)c1ccccc1. The fourth-order valence-corrected chi connectivity index (χ4v) is 5.02. The molecule has 0 radical (unpaired) electrons. The minimum atomic E-state index is -0.728. The molecule has 8 nitrogen and oxygen atoms in total. The normalized spacial score (nSPS) is 17.1. The van der Waals surface area contributed by atoms with E-state index in [1.54, 1.807) is 12.7 Å². The van der Waals surface area contributed by atoms with Gasteiger partial charge in [0.2, 0.25) is 0 Å². The lowest BCUT2D eigenvalue weighted by Crippen LogP contribution is -2.50. The van der Waals surface area contributed by atoms with Crippen LogP contribution in [0.3, 0.4) is 0 Å². The third-order valence-electron chi connectivity index (χ3n) is 7.24. The molecule has 2 aromatic heterocycles. The average molecular weight is 475 g/mol. The van der Waals surface area contributed by atoms with Crippen molar-refractivity contribution in [3.63, 3.8) is 0 Å². The Bertz CT molecular complexity index is 1200. The number of piperidine rings is 1. The number of aryl methyl sites for hydroxylation is 1. The second-order valence-corrected chi connectivity index (χ2v) is 9.61. The topological polar surface area (TPSA) is 102 Å². The average Bonchev–Trinajstić information content (AvgIpc) is 3.57. The Morgan fingerprint density at radius 2 is 1.83 bits per heavy atom. The fourth-order valence-electron chi connectivity index (χ4n) is 5.02. The highest BCUT2D eigenvalue weighted by Crippen LogP contribution is 2.25. The zero-order valence-corrected chi connectivity index (χ0v) is 20.0. The Labute approximate surface area is 205 Å². The number of nitrogens with zero attached hydrogens (tertiary/aromatic N) is 4. The van der Waals surface area contributed by atoms with Crippen LogP contribution in [0.25, 0.3) is 16.6 Å². The number of fused-ring (bicyclic) bond motifs is 1. The number of H-pyrrole nitrogens is 1. The van der Waals surface area contributed by atoms with E-state index in [1.165, 1.54) is 10.9 Å². The lowest BCUT2D eigenvalue weighted by Gasteiger charge is -2.39. The third kappa shape index (κ3) is 5.62. The van der Waals surface area contributed by atoms with Gasteiger partial charge >= 0.3 is 0 Å². The van der Waals surface area contributed by atoms with Gasteiger partial charge in [0.15, 0.2) is 0 Å². The first-order chi connectivity index (χ1) is 17.1. The van der Waals surface area contributed by atoms with Crippen LogP contribution in [0, 0.1) is 0 Å². The molecule has 0 amide bonds. The lowest BCUT2D eigenvalue weighted by atomic mass is 9.90. The van der Waals surface area contributed by atoms with Crippen molar-refractivity contribution in [3.05, 3.63) is 78.5 Å². The van der Waals surface area contributed by atoms with Crippen molar-refractivity contribution in [2.24, 2.45) is 0 Å². The molecule has 0 unspecified atom stereocenters. The van der Waals surface area contributed by atoms with Gasteiger partial charge in [-0.25, -0.2) is 0 Å². The minimum Gasteiger partial charge on any atom is -0.394 e. The first-order valence-corrected chi connectivity index (χ1v) is 12.4. The van der Waals surface area contributed by atoms with Crippen LogP contribution in [0.5, 0.6) is 0 Å². The number of likely N-dealkylation sites (tertiary alicyclic amines) is 1. The van der Waals surface area contributed by atoms with Crippen molar-refractivity contribution < 1.29 is 10.2 Å². The molecule has 0 aliphatic carbocycles. The van der Waals surface area contributed by atoms with E-state index in [9.17, 15) is 10.2 Å². The Morgan fingerprint density at radius 3 is 2.57 bits per heavy atom. The number of nitrogens with one attached hydrogen (secondary N) is 2. The van der Waals surface area contributed by atoms with E-state index >= 15 is 0 Å². The zero-order valence-electron chi connectivity index (χ0n) is 20.0. The number of aliphatic hydroxyl groups is 2. The predicted molar refractivity (Wildman–Crippen MR) is 136 cm³/mol. The van der Waals surface area contributed by atoms with Gasteiger partial charge in [-0.2, -0.15) is 0 Å². The lowest BCUT2D eigenvalue weighted by molar-refractivity contribution is -0.0229. The molecule has 0 bridgehead atoms. The molecule has 4 aromatic rings. The monoisotopic (exact) mass is 474 g/mol. The summed E-state index contributed by atoms with van der Waals surface area (Å²) in [7, 11) is 0. The summed E-state index contributed by atoms with van der Waals surface area (Å²) in [6, 6.07) is 16.1. The summed E-state index contributed by atoms with van der Waals surface area (Å²) in [6.07, 6.45) is 9.10. The van der Waals surface area contributed by atoms with E-state index in [0.29, 0.717) is 6.54 Å². The van der Waals surface area contributed by atoms with Crippen LogP contribution in [0.4, 0.5) is 0 Å². The van der Waals surface area contributed by atoms with Gasteiger partial charge in [0, 0.05) is 42.4 Å². The van der Waals surface area contributed by atoms with Crippen molar-refractivity contribution in [1.82, 2.24) is 30.0 Å². The summed E-state index contributed by atoms with van der Waals surface area (Å²) in [6.45, 7) is 3.30. The van der Waals surface area contributed by atoms with Crippen molar-refractivity contribution in [2.45, 2.75) is 37.3 Å². The van der Waals surface area contributed by atoms with Crippen molar-refractivity contribution in [2.75, 3.05) is 32.8 Å². The smallest absolute Gasteiger partial charge is 0.123 e. The van der Waals surface area contributed by atoms with E-state index in [0.717, 1.165) is 62.1 Å². The molecule has 184 valence electrons. The summed E-state index contributed by atoms with van der Waals surface area (Å²) in [4.78, 5) is 5.84. The van der Waals surface area contributed by atoms with E-state index in [4.69, 9.17) is 0 Å². The maximum atomic E-state index is 11.1. The van der Waals surface area contributed by atoms with Gasteiger partial charge in [0.05, 0.1) is 18.2 Å². The van der Waals surface area contributed by atoms with Crippen LogP contribution in [0.1, 0.15) is 36.4 Å². The third-order valence-corrected chi connectivity index (χ3v) is 7.24. The Hall–Kier alpha value is -3.04. The molecule has 1 saturated heterocycles. The molecule has 8 heteroatoms. The van der Waals surface area contributed by atoms with Crippen LogP contribution >= 0.6 is 0 Å². The number of aliphatic hydroxyl groups excluding tert-OH is 1. The Kier molecular flexibility index (Phi) is 7.24. The summed E-state index contributed by atoms with van der Waals surface area (Å²) >= 11 is 0. The summed E-state index contributed by atoms with van der Waals surface area (Å²) in [5, 5.41) is 33.3. The second kappa shape index (κ2) is 10.7. The molecule has 0 saturated carbocycles. The van der Waals surface area contributed by atoms with E-state index < -0.39 is 5.60 Å². The number of rotatable bonds is 10. The number of hydrogen-bond donors (Lipinski definition) is 4. The van der Waals surface area contributed by atoms with Crippen LogP contribution in [-0.2, 0) is 6.42 Å². The van der Waals surface area contributed by atoms with Gasteiger partial charge in [-0.3, -0.25) is 4.57 Å². The number of hydrogen-bond acceptors (Lipinski definition) is 6. The molecule has 5 rings (SSSR count). The standard InChI is InChI=1S/C27H34N6O2/c34-17-26(21-5-2-1-3-6-21)29-18-27(35)10-13-32(14-11-27)12-4-7-22-16-28-25-9-8-23(15-24(22)25)33-19-30-31-20-33/h1-3,5-6,8-9,15-16,19-20,26,28-29,34-35H,4,7,10-14,17-18H2/t26-/m0/s1. The summed E-state index contributed by atoms with van der Waals surface area (Å²) in [5.74, 6) is 0. The van der Waals surface area contributed by atoms with Crippen LogP contribution in [0.2, 0.25) is 0 Å². The maximum absolute atomic E-state index is 11.1. The van der Waals surface area contributed by atoms with Gasteiger partial charge < -0.3 is 25.4 Å². The highest BCUT2D eigenvalue weighted by Gasteiger charge is 2.32. The highest BCUT2D eigenvalue weighted by atomic mass is 16.3. The number of aromatic amines is 1. The molecule has 2 aromatic carbocycles. The zero-order chi connectivity index (χ0) is 24.1. The van der Waals surface area contributed by atoms with Crippen molar-refractivity contribution >= 4 is 10.9 Å². The van der Waals surface area contributed by atoms with Crippen LogP contribution in [-0.4, -0.2) is 73.2 Å². The molecule has 3 heterocycles. The molecule has 4 N–H and O–H groups in total. The molecule has 35 heavy (non-hydrogen) atoms. The van der Waals surface area contributed by atoms with Gasteiger partial charge in [-0.05, 0) is 61.6 Å². The largest absolute Gasteiger partial charge is 0.394 e. The summed E-state index contributed by atoms with van der Waals surface area (Å²) in [5.41, 5.74) is 3.84. The van der Waals surface area contributed by atoms with Crippen LogP contribution < -0.4 is 5.32 Å². The van der Waals surface area contributed by atoms with Gasteiger partial charge in [0.25, 0.3) is 0 Å². The van der Waals surface area contributed by atoms with Crippen molar-refractivity contribution in [1.29, 1.82) is 0 Å². The first-order valence-electron chi connectivity index (χ1n) is 12.4. The Morgan fingerprint density at radius 1 is 1.06 bits per heavy atom. The van der Waals surface area contributed by atoms with Crippen molar-refractivity contribution in [3.8, 4) is 5.69 Å². The van der Waals surface area contributed by atoms with E-state index in [2.05, 4.69) is 49.8 Å². The quantitative estimate of drug-likeness (QED) is 0.282. The minimum absolute atomic E-state index is 0.0146. The highest BCUT2D eigenvalue weighted by molar-refractivity contribution is 5.85. The maximum Gasteiger partial charge on any atom is 0.123 e. The molecule has 0 spiro atoms. The predicted octanol–water partition coefficient (Wildman–Crippen LogP) is 2.83. The van der Waals surface area contributed by atoms with Gasteiger partial charge in [-0.15, -0.1) is 10.2 Å². The first kappa shape index (κ1) is 23.7. The molecular weight excluding hydrogens is 440 g/mol. The van der Waals surface area contributed by atoms with Gasteiger partial charge in [0.1, 0.15) is 12.7 Å². The van der Waals surface area contributed by atoms with E-state index in [1.807, 2.05) is 34.9 Å². The summed E-state index contributed by atoms with van der Waals surface area (Å²) < 4.78 is 1.92. The second-order valence-electron chi connectivity index (χ2n) is 9.61. The molecule has 1 aliphatic rings. The molecule has 1 aliphatic heterocycles. The molecular formula is C27H34N6O2. The fraction of sp³-hybridized carbons (Fsp3) is 0.407. The molecule has 1 fully saturated rings. The molecule has 1 atom stereocenters. The van der Waals surface area contributed by atoms with Gasteiger partial charge in [-0.1, -0.05) is 30.3 Å². The number of benzene rings is 2. The van der Waals surface area contributed by atoms with Crippen LogP contribution in [0.15, 0.2) is 67.4 Å². The Balaban J connectivity index is 1.10. The van der Waals surface area contributed by atoms with E-state index in [-0.39, 0.29) is 12.6 Å².